The van der Waals surface area contributed by atoms with Gasteiger partial charge in [-0.15, -0.1) is 0 Å². The van der Waals surface area contributed by atoms with Crippen LogP contribution in [0, 0.1) is 0 Å². The van der Waals surface area contributed by atoms with E-state index in [0.717, 1.165) is 17.3 Å². The number of nitrogens with two attached hydrogens (primary N) is 1. The molecule has 0 aromatic heterocycles. The molecule has 11 heteroatoms. The van der Waals surface area contributed by atoms with Crippen molar-refractivity contribution in [2.24, 2.45) is 5.14 Å². The van der Waals surface area contributed by atoms with E-state index in [0.29, 0.717) is 28.4 Å². The molecule has 162 valence electrons. The van der Waals surface area contributed by atoms with Gasteiger partial charge in [-0.3, -0.25) is 9.59 Å². The van der Waals surface area contributed by atoms with Crippen LogP contribution in [0.2, 0.25) is 5.02 Å². The Hall–Kier alpha value is -2.11. The predicted octanol–water partition coefficient (Wildman–Crippen LogP) is 2.26. The van der Waals surface area contributed by atoms with Gasteiger partial charge in [-0.25, -0.2) is 9.32 Å². The number of nitrogens with one attached hydrogen (secondary N) is 1. The molecule has 0 fully saturated rings. The van der Waals surface area contributed by atoms with Crippen molar-refractivity contribution in [1.29, 1.82) is 0 Å². The maximum atomic E-state index is 11.8. The number of rotatable bonds is 11. The summed E-state index contributed by atoms with van der Waals surface area (Å²) in [7, 11) is -2.71. The van der Waals surface area contributed by atoms with E-state index in [-0.39, 0.29) is 12.5 Å². The molecule has 2 atom stereocenters. The van der Waals surface area contributed by atoms with Crippen molar-refractivity contribution in [3.05, 3.63) is 64.7 Å². The van der Waals surface area contributed by atoms with Crippen LogP contribution in [0.25, 0.3) is 0 Å². The third kappa shape index (κ3) is 7.96. The SMILES string of the molecule is CNC(=O)C(Cc1ccc(OCC(OS(N)(=O)=O)c2cccc(Cl)c2)cc1)SC=O. The average Bonchev–Trinajstić information content (AvgIpc) is 2.70. The largest absolute Gasteiger partial charge is 0.490 e. The molecular formula is C19H21ClN2O6S2. The van der Waals surface area contributed by atoms with Gasteiger partial charge in [-0.2, -0.15) is 8.42 Å². The van der Waals surface area contributed by atoms with Crippen LogP contribution < -0.4 is 15.2 Å². The number of halogens is 1. The van der Waals surface area contributed by atoms with Crippen LogP contribution in [0.4, 0.5) is 0 Å². The first kappa shape index (κ1) is 24.2. The number of amides is 1. The van der Waals surface area contributed by atoms with Crippen LogP contribution in [-0.4, -0.2) is 38.8 Å². The van der Waals surface area contributed by atoms with Crippen LogP contribution in [0.15, 0.2) is 48.5 Å². The molecule has 0 bridgehead atoms. The lowest BCUT2D eigenvalue weighted by molar-refractivity contribution is -0.120. The van der Waals surface area contributed by atoms with Gasteiger partial charge in [0.25, 0.3) is 0 Å². The zero-order valence-corrected chi connectivity index (χ0v) is 18.4. The summed E-state index contributed by atoms with van der Waals surface area (Å²) >= 11 is 6.87. The number of ether oxygens (including phenoxy) is 1. The molecule has 2 aromatic rings. The van der Waals surface area contributed by atoms with E-state index in [2.05, 4.69) is 5.32 Å². The Morgan fingerprint density at radius 3 is 2.53 bits per heavy atom. The third-order valence-electron chi connectivity index (χ3n) is 3.98. The van der Waals surface area contributed by atoms with E-state index >= 15 is 0 Å². The van der Waals surface area contributed by atoms with Gasteiger partial charge >= 0.3 is 10.3 Å². The Bertz CT molecular complexity index is 969. The first-order chi connectivity index (χ1) is 14.2. The fourth-order valence-electron chi connectivity index (χ4n) is 2.59. The monoisotopic (exact) mass is 472 g/mol. The summed E-state index contributed by atoms with van der Waals surface area (Å²) in [5.74, 6) is 0.222. The summed E-state index contributed by atoms with van der Waals surface area (Å²) < 4.78 is 33.4. The molecule has 0 aliphatic carbocycles. The van der Waals surface area contributed by atoms with E-state index in [4.69, 9.17) is 25.7 Å². The van der Waals surface area contributed by atoms with Crippen LogP contribution in [0.3, 0.4) is 0 Å². The van der Waals surface area contributed by atoms with Crippen molar-refractivity contribution in [3.8, 4) is 5.75 Å². The maximum absolute atomic E-state index is 11.8. The van der Waals surface area contributed by atoms with Gasteiger partial charge < -0.3 is 10.1 Å². The van der Waals surface area contributed by atoms with Crippen LogP contribution >= 0.6 is 23.4 Å². The van der Waals surface area contributed by atoms with Gasteiger partial charge in [0, 0.05) is 12.1 Å². The minimum atomic E-state index is -4.22. The van der Waals surface area contributed by atoms with Crippen molar-refractivity contribution in [3.63, 3.8) is 0 Å². The van der Waals surface area contributed by atoms with Crippen LogP contribution in [-0.2, 0) is 30.5 Å². The number of hydrogen-bond donors (Lipinski definition) is 2. The van der Waals surface area contributed by atoms with Crippen molar-refractivity contribution in [2.75, 3.05) is 13.7 Å². The highest BCUT2D eigenvalue weighted by Crippen LogP contribution is 2.24. The lowest BCUT2D eigenvalue weighted by atomic mass is 10.1. The first-order valence-corrected chi connectivity index (χ1v) is 11.5. The zero-order valence-electron chi connectivity index (χ0n) is 16.0. The van der Waals surface area contributed by atoms with Crippen molar-refractivity contribution < 1.29 is 26.9 Å². The highest BCUT2D eigenvalue weighted by Gasteiger charge is 2.20. The summed E-state index contributed by atoms with van der Waals surface area (Å²) in [5.41, 5.74) is 1.96. The molecule has 0 radical (unpaired) electrons. The summed E-state index contributed by atoms with van der Waals surface area (Å²) in [6.07, 6.45) is -0.622. The standard InChI is InChI=1S/C19H21ClN2O6S2/c1-22-19(24)18(29-12-23)9-13-5-7-16(8-6-13)27-11-17(28-30(21,25)26)14-3-2-4-15(20)10-14/h2-8,10,12,17-18H,9,11H2,1H3,(H,22,24)(H2,21,25,26). The van der Waals surface area contributed by atoms with E-state index < -0.39 is 21.7 Å². The molecule has 2 aromatic carbocycles. The number of carbonyl (C=O) groups is 2. The second-order valence-corrected chi connectivity index (χ2v) is 8.78. The third-order valence-corrected chi connectivity index (χ3v) is 5.53. The van der Waals surface area contributed by atoms with Gasteiger partial charge in [0.2, 0.25) is 5.91 Å². The number of carbonyl (C=O) groups excluding carboxylic acids is 2. The summed E-state index contributed by atoms with van der Waals surface area (Å²) in [4.78, 5) is 22.6. The second kappa shape index (κ2) is 11.3. The quantitative estimate of drug-likeness (QED) is 0.480. The average molecular weight is 473 g/mol. The normalized spacial score (nSPS) is 13.3. The Labute approximate surface area is 184 Å². The Balaban J connectivity index is 2.07. The molecule has 2 rings (SSSR count). The molecule has 30 heavy (non-hydrogen) atoms. The maximum Gasteiger partial charge on any atom is 0.333 e. The number of hydrogen-bond acceptors (Lipinski definition) is 7. The zero-order chi connectivity index (χ0) is 22.1. The highest BCUT2D eigenvalue weighted by molar-refractivity contribution is 8.13. The Morgan fingerprint density at radius 2 is 1.97 bits per heavy atom. The van der Waals surface area contributed by atoms with E-state index in [1.54, 1.807) is 48.5 Å². The predicted molar refractivity (Wildman–Crippen MR) is 116 cm³/mol. The van der Waals surface area contributed by atoms with Gasteiger partial charge in [0.05, 0.1) is 5.25 Å². The second-order valence-electron chi connectivity index (χ2n) is 6.13. The summed E-state index contributed by atoms with van der Waals surface area (Å²) in [6, 6.07) is 13.4. The van der Waals surface area contributed by atoms with Crippen molar-refractivity contribution >= 4 is 45.2 Å². The van der Waals surface area contributed by atoms with Gasteiger partial charge in [0.15, 0.2) is 5.62 Å². The highest BCUT2D eigenvalue weighted by atomic mass is 35.5. The van der Waals surface area contributed by atoms with Gasteiger partial charge in [0.1, 0.15) is 18.5 Å². The lowest BCUT2D eigenvalue weighted by Gasteiger charge is -2.18. The van der Waals surface area contributed by atoms with Gasteiger partial charge in [-0.1, -0.05) is 47.6 Å². The molecule has 0 aliphatic heterocycles. The summed E-state index contributed by atoms with van der Waals surface area (Å²) in [5, 5.41) is 7.42. The van der Waals surface area contributed by atoms with E-state index in [9.17, 15) is 18.0 Å². The molecule has 0 heterocycles. The molecular weight excluding hydrogens is 452 g/mol. The lowest BCUT2D eigenvalue weighted by Crippen LogP contribution is -2.31. The topological polar surface area (TPSA) is 125 Å². The molecule has 0 aliphatic rings. The van der Waals surface area contributed by atoms with Crippen LogP contribution in [0.5, 0.6) is 5.75 Å². The molecule has 1 amide bonds. The first-order valence-electron chi connectivity index (χ1n) is 8.70. The molecule has 0 spiro atoms. The van der Waals surface area contributed by atoms with E-state index in [1.807, 2.05) is 0 Å². The Kier molecular flexibility index (Phi) is 9.12. The summed E-state index contributed by atoms with van der Waals surface area (Å²) in [6.45, 7) is -0.127. The molecule has 3 N–H and O–H groups in total. The molecule has 2 unspecified atom stereocenters. The van der Waals surface area contributed by atoms with Crippen molar-refractivity contribution in [1.82, 2.24) is 5.32 Å². The number of thioether (sulfide) groups is 1. The van der Waals surface area contributed by atoms with Crippen LogP contribution in [0.1, 0.15) is 17.2 Å². The minimum Gasteiger partial charge on any atom is -0.490 e. The van der Waals surface area contributed by atoms with E-state index in [1.165, 1.54) is 7.05 Å². The molecule has 8 nitrogen and oxygen atoms in total. The Morgan fingerprint density at radius 1 is 1.27 bits per heavy atom. The number of benzene rings is 2. The fraction of sp³-hybridized carbons (Fsp3) is 0.263. The molecule has 0 saturated carbocycles. The fourth-order valence-corrected chi connectivity index (χ4v) is 3.94. The van der Waals surface area contributed by atoms with Crippen molar-refractivity contribution in [2.45, 2.75) is 17.8 Å². The van der Waals surface area contributed by atoms with Gasteiger partial charge in [-0.05, 0) is 41.8 Å². The smallest absolute Gasteiger partial charge is 0.333 e. The minimum absolute atomic E-state index is 0.127. The molecule has 0 saturated heterocycles.